The van der Waals surface area contributed by atoms with Gasteiger partial charge in [0.25, 0.3) is 1.80 Å². The minimum atomic E-state index is 0. The molecule has 1 nitrogen and oxygen atoms in total. The number of hydrogen-bond donors (Lipinski definition) is 0. The Labute approximate surface area is 135 Å². The molecule has 0 heterocycles. The van der Waals surface area contributed by atoms with Gasteiger partial charge in [0, 0.05) is 62.0 Å². The second-order valence-corrected chi connectivity index (χ2v) is 5.25. The standard InChI is InChI=1S/C5H5.CI2O.5CH3.Co/c1-2-4-5-3-1;2-1(3)4;;;;;;/h1-3H,4H2;;5*1H3;/q-1;;5*-1;. The normalized spacial score (nSPS) is 7.60. The number of allylic oxidation sites excluding steroid dienone is 4. The van der Waals surface area contributed by atoms with E-state index >= 15 is 0 Å². The zero-order valence-electron chi connectivity index (χ0n) is 9.94. The van der Waals surface area contributed by atoms with Crippen molar-refractivity contribution in [3.05, 3.63) is 61.4 Å². The van der Waals surface area contributed by atoms with Gasteiger partial charge in [0.2, 0.25) is 0 Å². The van der Waals surface area contributed by atoms with E-state index in [1.807, 2.05) is 12.2 Å². The van der Waals surface area contributed by atoms with Crippen LogP contribution in [-0.4, -0.2) is 1.80 Å². The maximum atomic E-state index is 9.42. The molecule has 15 heavy (non-hydrogen) atoms. The zero-order valence-corrected chi connectivity index (χ0v) is 15.3. The van der Waals surface area contributed by atoms with Crippen LogP contribution in [-0.2, 0) is 16.8 Å². The van der Waals surface area contributed by atoms with Crippen LogP contribution in [0.3, 0.4) is 0 Å². The maximum Gasteiger partial charge on any atom is 0.251 e. The predicted molar refractivity (Wildman–Crippen MR) is 87.1 cm³/mol. The first kappa shape index (κ1) is 44.3. The second-order valence-electron chi connectivity index (χ2n) is 1.23. The van der Waals surface area contributed by atoms with Gasteiger partial charge in [-0.05, 0) is 0 Å². The van der Waals surface area contributed by atoms with Crippen LogP contribution in [0.15, 0.2) is 18.2 Å². The molecule has 1 radical (unpaired) electrons. The first-order chi connectivity index (χ1) is 4.23. The molecule has 99 valence electrons. The summed E-state index contributed by atoms with van der Waals surface area (Å²) in [5.74, 6) is 0. The Bertz CT molecular complexity index is 132. The van der Waals surface area contributed by atoms with Crippen molar-refractivity contribution in [3.8, 4) is 0 Å². The summed E-state index contributed by atoms with van der Waals surface area (Å²) >= 11 is 3.38. The smallest absolute Gasteiger partial charge is 0.251 e. The van der Waals surface area contributed by atoms with Crippen molar-refractivity contribution < 1.29 is 21.6 Å². The molecule has 0 aromatic carbocycles. The second kappa shape index (κ2) is 36.2. The van der Waals surface area contributed by atoms with Crippen LogP contribution >= 0.6 is 45.2 Å². The molecule has 0 atom stereocenters. The van der Waals surface area contributed by atoms with Crippen LogP contribution in [0.2, 0.25) is 0 Å². The van der Waals surface area contributed by atoms with E-state index in [1.165, 1.54) is 0 Å². The van der Waals surface area contributed by atoms with Crippen LogP contribution in [0.5, 0.6) is 0 Å². The fourth-order valence-corrected chi connectivity index (χ4v) is 0.340. The topological polar surface area (TPSA) is 17.1 Å². The van der Waals surface area contributed by atoms with Gasteiger partial charge in [0.05, 0.1) is 0 Å². The monoisotopic (exact) mass is 481 g/mol. The van der Waals surface area contributed by atoms with Gasteiger partial charge in [0.15, 0.2) is 0 Å². The first-order valence-corrected chi connectivity index (χ1v) is 4.46. The van der Waals surface area contributed by atoms with Gasteiger partial charge in [-0.1, -0.05) is 0 Å². The molecule has 0 amide bonds. The van der Waals surface area contributed by atoms with E-state index in [0.29, 0.717) is 0 Å². The van der Waals surface area contributed by atoms with E-state index < -0.39 is 0 Å². The molecular formula is C11H20CoI2O-6. The Hall–Kier alpha value is 1.12. The Kier molecular flexibility index (Phi) is 107. The van der Waals surface area contributed by atoms with Crippen molar-refractivity contribution in [3.63, 3.8) is 0 Å². The SMILES string of the molecule is O=C(I)I.[C-]1=CC=CC1.[CH3-].[CH3-].[CH3-].[CH3-].[CH3-].[Co]. The minimum Gasteiger partial charge on any atom is -0.358 e. The summed E-state index contributed by atoms with van der Waals surface area (Å²) < 4.78 is 0.107. The summed E-state index contributed by atoms with van der Waals surface area (Å²) in [5, 5.41) is 0. The Morgan fingerprint density at radius 3 is 1.47 bits per heavy atom. The number of rotatable bonds is 0. The van der Waals surface area contributed by atoms with E-state index in [1.54, 1.807) is 45.2 Å². The van der Waals surface area contributed by atoms with E-state index in [4.69, 9.17) is 0 Å². The average Bonchev–Trinajstić information content (AvgIpc) is 2.11. The van der Waals surface area contributed by atoms with Crippen LogP contribution in [0, 0.1) is 43.2 Å². The molecule has 0 aromatic heterocycles. The maximum absolute atomic E-state index is 9.42. The van der Waals surface area contributed by atoms with E-state index in [-0.39, 0.29) is 55.7 Å². The fraction of sp³-hybridized carbons (Fsp3) is 0.0909. The third-order valence-electron chi connectivity index (χ3n) is 0.586. The van der Waals surface area contributed by atoms with Gasteiger partial charge in [0.1, 0.15) is 0 Å². The quantitative estimate of drug-likeness (QED) is 0.253. The summed E-state index contributed by atoms with van der Waals surface area (Å²) in [6.07, 6.45) is 10.0. The van der Waals surface area contributed by atoms with Crippen molar-refractivity contribution in [2.24, 2.45) is 0 Å². The molecule has 0 aromatic rings. The number of halogens is 2. The van der Waals surface area contributed by atoms with Crippen molar-refractivity contribution in [1.29, 1.82) is 0 Å². The van der Waals surface area contributed by atoms with Gasteiger partial charge < -0.3 is 37.1 Å². The summed E-state index contributed by atoms with van der Waals surface area (Å²) in [5.41, 5.74) is 0. The Morgan fingerprint density at radius 1 is 1.07 bits per heavy atom. The van der Waals surface area contributed by atoms with Crippen molar-refractivity contribution in [1.82, 2.24) is 0 Å². The van der Waals surface area contributed by atoms with Crippen LogP contribution in [0.4, 0.5) is 4.79 Å². The summed E-state index contributed by atoms with van der Waals surface area (Å²) in [6.45, 7) is 0. The van der Waals surface area contributed by atoms with Crippen molar-refractivity contribution in [2.45, 2.75) is 6.42 Å². The molecule has 1 rings (SSSR count). The van der Waals surface area contributed by atoms with Gasteiger partial charge in [-0.25, -0.2) is 12.2 Å². The van der Waals surface area contributed by atoms with Crippen LogP contribution in [0.25, 0.3) is 0 Å². The summed E-state index contributed by atoms with van der Waals surface area (Å²) in [6, 6.07) is 0. The third-order valence-corrected chi connectivity index (χ3v) is 0.586. The van der Waals surface area contributed by atoms with Crippen LogP contribution in [0.1, 0.15) is 6.42 Å². The molecule has 0 saturated carbocycles. The largest absolute Gasteiger partial charge is 0.358 e. The van der Waals surface area contributed by atoms with Crippen LogP contribution < -0.4 is 0 Å². The van der Waals surface area contributed by atoms with E-state index in [9.17, 15) is 4.79 Å². The van der Waals surface area contributed by atoms with Gasteiger partial charge in [-0.3, -0.25) is 10.9 Å². The fourth-order valence-electron chi connectivity index (χ4n) is 0.340. The number of carbonyl (C=O) groups is 1. The predicted octanol–water partition coefficient (Wildman–Crippen LogP) is 5.53. The van der Waals surface area contributed by atoms with Crippen molar-refractivity contribution >= 4 is 47.0 Å². The molecule has 0 saturated heterocycles. The van der Waals surface area contributed by atoms with Gasteiger partial charge in [-0.15, -0.1) is 6.42 Å². The third kappa shape index (κ3) is 69.5. The van der Waals surface area contributed by atoms with E-state index in [0.717, 1.165) is 6.42 Å². The summed E-state index contributed by atoms with van der Waals surface area (Å²) in [4.78, 5) is 9.42. The van der Waals surface area contributed by atoms with Gasteiger partial charge >= 0.3 is 0 Å². The van der Waals surface area contributed by atoms with E-state index in [2.05, 4.69) is 12.2 Å². The molecule has 0 unspecified atom stereocenters. The van der Waals surface area contributed by atoms with Gasteiger partial charge in [-0.2, -0.15) is 6.08 Å². The van der Waals surface area contributed by atoms with Crippen molar-refractivity contribution in [2.75, 3.05) is 0 Å². The Balaban J connectivity index is -0.0000000124. The molecule has 0 fully saturated rings. The molecule has 0 N–H and O–H groups in total. The number of hydrogen-bond acceptors (Lipinski definition) is 1. The molecule has 0 aliphatic heterocycles. The number of carbonyl (C=O) groups excluding carboxylic acids is 1. The molecular weight excluding hydrogens is 461 g/mol. The summed E-state index contributed by atoms with van der Waals surface area (Å²) in [7, 11) is 0. The Morgan fingerprint density at radius 2 is 1.40 bits per heavy atom. The first-order valence-electron chi connectivity index (χ1n) is 2.30. The minimum absolute atomic E-state index is 0. The molecule has 1 aliphatic rings. The molecule has 0 spiro atoms. The molecule has 0 bridgehead atoms. The molecule has 1 aliphatic carbocycles. The average molecular weight is 481 g/mol. The zero-order chi connectivity index (χ0) is 7.11. The molecule has 4 heteroatoms.